The van der Waals surface area contributed by atoms with Gasteiger partial charge in [0.2, 0.25) is 0 Å². The van der Waals surface area contributed by atoms with E-state index in [1.54, 1.807) is 36.7 Å². The monoisotopic (exact) mass is 342 g/mol. The van der Waals surface area contributed by atoms with E-state index >= 15 is 0 Å². The van der Waals surface area contributed by atoms with E-state index in [1.807, 2.05) is 12.1 Å². The van der Waals surface area contributed by atoms with Crippen molar-refractivity contribution in [2.45, 2.75) is 19.5 Å². The molecule has 0 unspecified atom stereocenters. The van der Waals surface area contributed by atoms with Gasteiger partial charge in [-0.05, 0) is 12.1 Å². The van der Waals surface area contributed by atoms with E-state index in [1.165, 1.54) is 14.2 Å². The highest BCUT2D eigenvalue weighted by Gasteiger charge is 2.06. The molecule has 0 atom stereocenters. The maximum atomic E-state index is 9.97. The summed E-state index contributed by atoms with van der Waals surface area (Å²) < 4.78 is 10.1. The molecule has 0 fully saturated rings. The highest BCUT2D eigenvalue weighted by molar-refractivity contribution is 5.79. The lowest BCUT2D eigenvalue weighted by Crippen LogP contribution is -1.90. The molecule has 2 aromatic carbocycles. The number of hydrogen-bond donors (Lipinski definition) is 2. The Labute approximate surface area is 147 Å². The highest BCUT2D eigenvalue weighted by Crippen LogP contribution is 2.30. The standard InChI is InChI=1S/C19H22N2O4/c1-24-16-8-3-6-14(18(16)22)12-20-10-5-11-21-13-15-7-4-9-17(25-2)19(15)23/h3-4,6-11,22-23H,5,12-13H2,1-2H3. The maximum Gasteiger partial charge on any atom is 0.162 e. The summed E-state index contributed by atoms with van der Waals surface area (Å²) in [7, 11) is 3.03. The normalized spacial score (nSPS) is 11.3. The summed E-state index contributed by atoms with van der Waals surface area (Å²) in [6.45, 7) is 0.737. The Kier molecular flexibility index (Phi) is 6.83. The Balaban J connectivity index is 1.83. The van der Waals surface area contributed by atoms with E-state index in [0.717, 1.165) is 0 Å². The predicted octanol–water partition coefficient (Wildman–Crippen LogP) is 3.35. The first-order valence-electron chi connectivity index (χ1n) is 7.83. The van der Waals surface area contributed by atoms with Crippen molar-refractivity contribution in [2.24, 2.45) is 9.98 Å². The molecule has 0 aliphatic heterocycles. The van der Waals surface area contributed by atoms with Crippen molar-refractivity contribution in [3.63, 3.8) is 0 Å². The topological polar surface area (TPSA) is 83.6 Å². The van der Waals surface area contributed by atoms with E-state index in [-0.39, 0.29) is 11.5 Å². The summed E-state index contributed by atoms with van der Waals surface area (Å²) >= 11 is 0. The lowest BCUT2D eigenvalue weighted by Gasteiger charge is -2.06. The molecule has 6 nitrogen and oxygen atoms in total. The second kappa shape index (κ2) is 9.32. The highest BCUT2D eigenvalue weighted by atomic mass is 16.5. The lowest BCUT2D eigenvalue weighted by atomic mass is 10.2. The Morgan fingerprint density at radius 2 is 1.24 bits per heavy atom. The van der Waals surface area contributed by atoms with Crippen molar-refractivity contribution in [1.29, 1.82) is 0 Å². The Bertz CT molecular complexity index is 694. The largest absolute Gasteiger partial charge is 0.504 e. The van der Waals surface area contributed by atoms with Gasteiger partial charge in [-0.3, -0.25) is 9.98 Å². The zero-order valence-corrected chi connectivity index (χ0v) is 14.3. The molecule has 25 heavy (non-hydrogen) atoms. The van der Waals surface area contributed by atoms with Crippen LogP contribution in [0.1, 0.15) is 17.5 Å². The molecule has 0 aliphatic rings. The molecule has 2 N–H and O–H groups in total. The molecule has 0 heterocycles. The molecule has 6 heteroatoms. The average Bonchev–Trinajstić information content (AvgIpc) is 2.63. The third-order valence-corrected chi connectivity index (χ3v) is 3.60. The number of hydrogen-bond acceptors (Lipinski definition) is 6. The van der Waals surface area contributed by atoms with Crippen molar-refractivity contribution in [3.8, 4) is 23.0 Å². The maximum absolute atomic E-state index is 9.97. The molecule has 0 saturated carbocycles. The van der Waals surface area contributed by atoms with Gasteiger partial charge >= 0.3 is 0 Å². The zero-order valence-electron chi connectivity index (χ0n) is 14.3. The van der Waals surface area contributed by atoms with Gasteiger partial charge in [0.1, 0.15) is 0 Å². The second-order valence-corrected chi connectivity index (χ2v) is 5.22. The van der Waals surface area contributed by atoms with Crippen LogP contribution in [0, 0.1) is 0 Å². The molecule has 2 rings (SSSR count). The van der Waals surface area contributed by atoms with Crippen LogP contribution < -0.4 is 9.47 Å². The molecular formula is C19H22N2O4. The van der Waals surface area contributed by atoms with Crippen LogP contribution >= 0.6 is 0 Å². The summed E-state index contributed by atoms with van der Waals surface area (Å²) in [4.78, 5) is 8.53. The second-order valence-electron chi connectivity index (χ2n) is 5.22. The number of nitrogens with zero attached hydrogens (tertiary/aromatic N) is 2. The molecule has 0 bridgehead atoms. The van der Waals surface area contributed by atoms with Crippen LogP contribution in [0.4, 0.5) is 0 Å². The molecule has 0 radical (unpaired) electrons. The number of rotatable bonds is 8. The van der Waals surface area contributed by atoms with Gasteiger partial charge in [0.15, 0.2) is 23.0 Å². The van der Waals surface area contributed by atoms with E-state index in [4.69, 9.17) is 9.47 Å². The molecule has 0 spiro atoms. The van der Waals surface area contributed by atoms with Gasteiger partial charge < -0.3 is 19.7 Å². The predicted molar refractivity (Wildman–Crippen MR) is 98.3 cm³/mol. The summed E-state index contributed by atoms with van der Waals surface area (Å²) in [5.74, 6) is 1.10. The van der Waals surface area contributed by atoms with Crippen LogP contribution in [0.25, 0.3) is 0 Å². The van der Waals surface area contributed by atoms with E-state index < -0.39 is 0 Å². The minimum absolute atomic E-state index is 0.115. The number of aliphatic imine (C=N–C) groups is 2. The molecule has 2 aromatic rings. The summed E-state index contributed by atoms with van der Waals surface area (Å²) in [5.41, 5.74) is 1.41. The Morgan fingerprint density at radius 3 is 1.64 bits per heavy atom. The summed E-state index contributed by atoms with van der Waals surface area (Å²) in [6, 6.07) is 10.6. The summed E-state index contributed by atoms with van der Waals surface area (Å²) in [5, 5.41) is 19.9. The van der Waals surface area contributed by atoms with E-state index in [0.29, 0.717) is 42.1 Å². The minimum Gasteiger partial charge on any atom is -0.504 e. The quantitative estimate of drug-likeness (QED) is 0.721. The third-order valence-electron chi connectivity index (χ3n) is 3.60. The molecule has 132 valence electrons. The number of ether oxygens (including phenoxy) is 2. The molecule has 0 amide bonds. The number of phenolic OH excluding ortho intramolecular Hbond substituents is 2. The van der Waals surface area contributed by atoms with Crippen LogP contribution in [0.3, 0.4) is 0 Å². The van der Waals surface area contributed by atoms with Crippen LogP contribution in [0.15, 0.2) is 46.4 Å². The summed E-state index contributed by atoms with van der Waals surface area (Å²) in [6.07, 6.45) is 4.02. The van der Waals surface area contributed by atoms with E-state index in [9.17, 15) is 10.2 Å². The molecule has 0 aromatic heterocycles. The van der Waals surface area contributed by atoms with Gasteiger partial charge in [0.25, 0.3) is 0 Å². The van der Waals surface area contributed by atoms with Gasteiger partial charge in [0, 0.05) is 30.0 Å². The minimum atomic E-state index is 0.115. The van der Waals surface area contributed by atoms with Crippen LogP contribution in [-0.4, -0.2) is 36.9 Å². The van der Waals surface area contributed by atoms with Crippen LogP contribution in [0.2, 0.25) is 0 Å². The van der Waals surface area contributed by atoms with Gasteiger partial charge in [-0.2, -0.15) is 0 Å². The fraction of sp³-hybridized carbons (Fsp3) is 0.263. The first-order valence-corrected chi connectivity index (χ1v) is 7.83. The van der Waals surface area contributed by atoms with Gasteiger partial charge in [0.05, 0.1) is 27.3 Å². The smallest absolute Gasteiger partial charge is 0.162 e. The molecule has 0 aliphatic carbocycles. The molecular weight excluding hydrogens is 320 g/mol. The fourth-order valence-corrected chi connectivity index (χ4v) is 2.24. The van der Waals surface area contributed by atoms with E-state index in [2.05, 4.69) is 9.98 Å². The van der Waals surface area contributed by atoms with Crippen LogP contribution in [-0.2, 0) is 13.1 Å². The first-order chi connectivity index (χ1) is 12.2. The van der Waals surface area contributed by atoms with Gasteiger partial charge in [-0.15, -0.1) is 0 Å². The van der Waals surface area contributed by atoms with Crippen LogP contribution in [0.5, 0.6) is 23.0 Å². The number of para-hydroxylation sites is 2. The van der Waals surface area contributed by atoms with Crippen molar-refractivity contribution < 1.29 is 19.7 Å². The average molecular weight is 342 g/mol. The number of phenols is 2. The van der Waals surface area contributed by atoms with Crippen molar-refractivity contribution in [3.05, 3.63) is 47.5 Å². The Morgan fingerprint density at radius 1 is 0.800 bits per heavy atom. The van der Waals surface area contributed by atoms with Gasteiger partial charge in [-0.25, -0.2) is 0 Å². The van der Waals surface area contributed by atoms with Crippen molar-refractivity contribution in [2.75, 3.05) is 14.2 Å². The number of benzene rings is 2. The SMILES string of the molecule is COc1cccc(CN=CCC=NCc2cccc(OC)c2O)c1O. The molecule has 0 saturated heterocycles. The third kappa shape index (κ3) is 4.97. The number of aromatic hydroxyl groups is 2. The lowest BCUT2D eigenvalue weighted by molar-refractivity contribution is 0.371. The van der Waals surface area contributed by atoms with Crippen molar-refractivity contribution in [1.82, 2.24) is 0 Å². The Hall–Kier alpha value is -3.02. The number of methoxy groups -OCH3 is 2. The first kappa shape index (κ1) is 18.3. The fourth-order valence-electron chi connectivity index (χ4n) is 2.24. The zero-order chi connectivity index (χ0) is 18.1. The van der Waals surface area contributed by atoms with Crippen molar-refractivity contribution >= 4 is 12.4 Å². The van der Waals surface area contributed by atoms with Gasteiger partial charge in [-0.1, -0.05) is 24.3 Å².